The number of aromatic nitrogens is 3. The monoisotopic (exact) mass is 216 g/mol. The molecule has 0 aliphatic carbocycles. The smallest absolute Gasteiger partial charge is 0.177 e. The van der Waals surface area contributed by atoms with Gasteiger partial charge in [-0.25, -0.2) is 4.98 Å². The normalized spacial score (nSPS) is 10.7. The highest BCUT2D eigenvalue weighted by Gasteiger charge is 2.07. The van der Waals surface area contributed by atoms with Crippen LogP contribution in [0.5, 0.6) is 0 Å². The van der Waals surface area contributed by atoms with Crippen LogP contribution in [-0.2, 0) is 0 Å². The minimum atomic E-state index is 0.388. The number of nitrogens with zero attached hydrogens (tertiary/aromatic N) is 3. The fraction of sp³-hybridized carbons (Fsp3) is 0.143. The van der Waals surface area contributed by atoms with Crippen molar-refractivity contribution in [3.05, 3.63) is 22.4 Å². The van der Waals surface area contributed by atoms with E-state index in [2.05, 4.69) is 15.4 Å². The van der Waals surface area contributed by atoms with Crippen LogP contribution < -0.4 is 5.32 Å². The van der Waals surface area contributed by atoms with Gasteiger partial charge in [0.1, 0.15) is 16.0 Å². The predicted octanol–water partition coefficient (Wildman–Crippen LogP) is 2.08. The van der Waals surface area contributed by atoms with Crippen LogP contribution in [0.4, 0.5) is 5.82 Å². The number of nitrogens with one attached hydrogen (secondary N) is 1. The zero-order valence-corrected chi connectivity index (χ0v) is 8.26. The Balaban J connectivity index is 2.84. The Morgan fingerprint density at radius 1 is 1.46 bits per heavy atom. The first-order valence-electron chi connectivity index (χ1n) is 3.60. The maximum absolute atomic E-state index is 5.84. The van der Waals surface area contributed by atoms with Gasteiger partial charge in [0, 0.05) is 13.1 Å². The molecular formula is C7H6Cl2N4. The van der Waals surface area contributed by atoms with Crippen LogP contribution in [-0.4, -0.2) is 21.6 Å². The first-order chi connectivity index (χ1) is 6.22. The number of anilines is 1. The van der Waals surface area contributed by atoms with Crippen molar-refractivity contribution in [2.75, 3.05) is 12.4 Å². The molecule has 2 rings (SSSR count). The van der Waals surface area contributed by atoms with E-state index in [0.717, 1.165) is 5.82 Å². The van der Waals surface area contributed by atoms with Crippen molar-refractivity contribution in [2.45, 2.75) is 0 Å². The van der Waals surface area contributed by atoms with Crippen LogP contribution in [0, 0.1) is 0 Å². The second-order valence-corrected chi connectivity index (χ2v) is 3.24. The van der Waals surface area contributed by atoms with Gasteiger partial charge in [0.2, 0.25) is 0 Å². The molecule has 4 nitrogen and oxygen atoms in total. The van der Waals surface area contributed by atoms with Crippen LogP contribution in [0.15, 0.2) is 12.3 Å². The summed E-state index contributed by atoms with van der Waals surface area (Å²) in [6, 6.07) is 1.68. The van der Waals surface area contributed by atoms with E-state index < -0.39 is 0 Å². The zero-order valence-electron chi connectivity index (χ0n) is 6.75. The first-order valence-corrected chi connectivity index (χ1v) is 4.35. The fourth-order valence-electron chi connectivity index (χ4n) is 1.08. The van der Waals surface area contributed by atoms with Crippen LogP contribution in [0.3, 0.4) is 0 Å². The molecule has 0 fully saturated rings. The molecule has 0 bridgehead atoms. The summed E-state index contributed by atoms with van der Waals surface area (Å²) in [5.74, 6) is 0.752. The van der Waals surface area contributed by atoms with E-state index in [4.69, 9.17) is 23.2 Å². The van der Waals surface area contributed by atoms with E-state index in [9.17, 15) is 0 Å². The van der Waals surface area contributed by atoms with Gasteiger partial charge < -0.3 is 5.32 Å². The quantitative estimate of drug-likeness (QED) is 0.743. The van der Waals surface area contributed by atoms with E-state index in [1.165, 1.54) is 6.20 Å². The Bertz CT molecular complexity index is 451. The van der Waals surface area contributed by atoms with Crippen LogP contribution in [0.25, 0.3) is 5.65 Å². The lowest BCUT2D eigenvalue weighted by Crippen LogP contribution is -2.00. The summed E-state index contributed by atoms with van der Waals surface area (Å²) < 4.78 is 1.59. The molecule has 0 aliphatic heterocycles. The average Bonchev–Trinajstić information content (AvgIpc) is 2.47. The topological polar surface area (TPSA) is 42.2 Å². The molecule has 1 N–H and O–H groups in total. The van der Waals surface area contributed by atoms with Gasteiger partial charge in [-0.05, 0) is 0 Å². The zero-order chi connectivity index (χ0) is 9.42. The SMILES string of the molecule is CNc1cc(Cl)nc2c(Cl)cnn12. The average molecular weight is 217 g/mol. The van der Waals surface area contributed by atoms with Gasteiger partial charge in [-0.15, -0.1) is 0 Å². The second kappa shape index (κ2) is 3.05. The minimum Gasteiger partial charge on any atom is -0.373 e. The minimum absolute atomic E-state index is 0.388. The van der Waals surface area contributed by atoms with Gasteiger partial charge in [0.15, 0.2) is 5.65 Å². The highest BCUT2D eigenvalue weighted by atomic mass is 35.5. The molecule has 0 radical (unpaired) electrons. The molecule has 0 unspecified atom stereocenters. The number of rotatable bonds is 1. The number of hydrogen-bond acceptors (Lipinski definition) is 3. The molecule has 0 aromatic carbocycles. The summed E-state index contributed by atoms with van der Waals surface area (Å²) in [6.07, 6.45) is 1.53. The Morgan fingerprint density at radius 2 is 2.23 bits per heavy atom. The van der Waals surface area contributed by atoms with Crippen molar-refractivity contribution in [1.82, 2.24) is 14.6 Å². The lowest BCUT2D eigenvalue weighted by atomic mass is 10.5. The Hall–Kier alpha value is -1.00. The van der Waals surface area contributed by atoms with Gasteiger partial charge in [-0.3, -0.25) is 0 Å². The van der Waals surface area contributed by atoms with Crippen molar-refractivity contribution in [3.8, 4) is 0 Å². The van der Waals surface area contributed by atoms with Crippen molar-refractivity contribution in [1.29, 1.82) is 0 Å². The van der Waals surface area contributed by atoms with Crippen molar-refractivity contribution >= 4 is 34.7 Å². The third-order valence-corrected chi connectivity index (χ3v) is 2.11. The fourth-order valence-corrected chi connectivity index (χ4v) is 1.43. The summed E-state index contributed by atoms with van der Waals surface area (Å²) in [5.41, 5.74) is 0.554. The molecule has 0 saturated heterocycles. The second-order valence-electron chi connectivity index (χ2n) is 2.44. The van der Waals surface area contributed by atoms with Crippen LogP contribution in [0.2, 0.25) is 10.2 Å². The Morgan fingerprint density at radius 3 is 2.92 bits per heavy atom. The van der Waals surface area contributed by atoms with E-state index in [1.807, 2.05) is 0 Å². The maximum atomic E-state index is 5.84. The molecule has 0 spiro atoms. The van der Waals surface area contributed by atoms with E-state index in [0.29, 0.717) is 15.8 Å². The maximum Gasteiger partial charge on any atom is 0.177 e. The number of hydrogen-bond donors (Lipinski definition) is 1. The molecule has 2 heterocycles. The first kappa shape index (κ1) is 8.59. The molecular weight excluding hydrogens is 211 g/mol. The molecule has 6 heteroatoms. The number of halogens is 2. The summed E-state index contributed by atoms with van der Waals surface area (Å²) in [5, 5.41) is 7.85. The standard InChI is InChI=1S/C7H6Cl2N4/c1-10-6-2-5(9)12-7-4(8)3-11-13(6)7/h2-3,10H,1H3. The van der Waals surface area contributed by atoms with Crippen molar-refractivity contribution in [3.63, 3.8) is 0 Å². The molecule has 0 amide bonds. The van der Waals surface area contributed by atoms with E-state index >= 15 is 0 Å². The molecule has 13 heavy (non-hydrogen) atoms. The highest BCUT2D eigenvalue weighted by Crippen LogP contribution is 2.21. The van der Waals surface area contributed by atoms with Gasteiger partial charge in [0.05, 0.1) is 6.20 Å². The summed E-state index contributed by atoms with van der Waals surface area (Å²) >= 11 is 11.6. The predicted molar refractivity (Wildman–Crippen MR) is 52.6 cm³/mol. The van der Waals surface area contributed by atoms with Crippen molar-refractivity contribution in [2.24, 2.45) is 0 Å². The lowest BCUT2D eigenvalue weighted by molar-refractivity contribution is 0.943. The molecule has 0 aliphatic rings. The van der Waals surface area contributed by atoms with Gasteiger partial charge in [-0.2, -0.15) is 9.61 Å². The third-order valence-electron chi connectivity index (χ3n) is 1.65. The highest BCUT2D eigenvalue weighted by molar-refractivity contribution is 6.34. The number of fused-ring (bicyclic) bond motifs is 1. The lowest BCUT2D eigenvalue weighted by Gasteiger charge is -2.03. The van der Waals surface area contributed by atoms with Gasteiger partial charge in [-0.1, -0.05) is 23.2 Å². The molecule has 2 aromatic heterocycles. The van der Waals surface area contributed by atoms with Gasteiger partial charge >= 0.3 is 0 Å². The van der Waals surface area contributed by atoms with E-state index in [-0.39, 0.29) is 0 Å². The summed E-state index contributed by atoms with van der Waals surface area (Å²) in [7, 11) is 1.78. The Labute approximate surface area is 84.5 Å². The van der Waals surface area contributed by atoms with Crippen molar-refractivity contribution < 1.29 is 0 Å². The molecule has 68 valence electrons. The van der Waals surface area contributed by atoms with Crippen LogP contribution in [0.1, 0.15) is 0 Å². The van der Waals surface area contributed by atoms with Gasteiger partial charge in [0.25, 0.3) is 0 Å². The van der Waals surface area contributed by atoms with E-state index in [1.54, 1.807) is 17.6 Å². The summed E-state index contributed by atoms with van der Waals surface area (Å²) in [6.45, 7) is 0. The molecule has 0 saturated carbocycles. The molecule has 2 aromatic rings. The van der Waals surface area contributed by atoms with Crippen LogP contribution >= 0.6 is 23.2 Å². The Kier molecular flexibility index (Phi) is 2.01. The molecule has 0 atom stereocenters. The third kappa shape index (κ3) is 1.32. The summed E-state index contributed by atoms with van der Waals surface area (Å²) in [4.78, 5) is 4.04. The largest absolute Gasteiger partial charge is 0.373 e.